The lowest BCUT2D eigenvalue weighted by atomic mass is 9.78. The van der Waals surface area contributed by atoms with Crippen LogP contribution in [-0.4, -0.2) is 36.5 Å². The number of carbonyl (C=O) groups excluding carboxylic acids is 2. The summed E-state index contributed by atoms with van der Waals surface area (Å²) in [7, 11) is 1.38. The monoisotopic (exact) mass is 591 g/mol. The Balaban J connectivity index is 1.47. The lowest BCUT2D eigenvalue weighted by Crippen LogP contribution is -2.53. The summed E-state index contributed by atoms with van der Waals surface area (Å²) >= 11 is 0. The second kappa shape index (κ2) is 12.0. The summed E-state index contributed by atoms with van der Waals surface area (Å²) in [5.74, 6) is -0.803. The van der Waals surface area contributed by atoms with Crippen LogP contribution in [0.1, 0.15) is 34.2 Å². The third-order valence-electron chi connectivity index (χ3n) is 9.04. The fourth-order valence-corrected chi connectivity index (χ4v) is 7.13. The number of benzene rings is 5. The molecule has 0 amide bonds. The van der Waals surface area contributed by atoms with Crippen molar-refractivity contribution in [1.29, 1.82) is 0 Å². The quantitative estimate of drug-likeness (QED) is 0.176. The van der Waals surface area contributed by atoms with Crippen molar-refractivity contribution in [1.82, 2.24) is 4.90 Å². The van der Waals surface area contributed by atoms with E-state index in [1.165, 1.54) is 7.11 Å². The largest absolute Gasteiger partial charge is 0.469 e. The van der Waals surface area contributed by atoms with Gasteiger partial charge in [0.25, 0.3) is 0 Å². The van der Waals surface area contributed by atoms with Gasteiger partial charge in [-0.15, -0.1) is 0 Å². The first kappa shape index (κ1) is 28.5. The van der Waals surface area contributed by atoms with E-state index >= 15 is 0 Å². The highest BCUT2D eigenvalue weighted by Gasteiger charge is 2.56. The number of rotatable bonds is 8. The van der Waals surface area contributed by atoms with Gasteiger partial charge in [-0.1, -0.05) is 140 Å². The van der Waals surface area contributed by atoms with E-state index in [4.69, 9.17) is 9.47 Å². The molecule has 2 aliphatic rings. The second-order valence-corrected chi connectivity index (χ2v) is 11.4. The van der Waals surface area contributed by atoms with Crippen molar-refractivity contribution in [2.75, 3.05) is 13.7 Å². The van der Waals surface area contributed by atoms with Crippen molar-refractivity contribution < 1.29 is 19.1 Å². The van der Waals surface area contributed by atoms with Crippen molar-refractivity contribution >= 4 is 17.5 Å². The van der Waals surface area contributed by atoms with E-state index in [-0.39, 0.29) is 13.0 Å². The van der Waals surface area contributed by atoms with Crippen LogP contribution in [0.15, 0.2) is 145 Å². The van der Waals surface area contributed by atoms with Gasteiger partial charge in [0.1, 0.15) is 12.6 Å². The normalized spacial score (nSPS) is 16.6. The third kappa shape index (κ3) is 4.86. The van der Waals surface area contributed by atoms with Crippen LogP contribution in [0.5, 0.6) is 0 Å². The number of nitrogens with zero attached hydrogens (tertiary/aromatic N) is 1. The Hall–Kier alpha value is -5.26. The molecule has 0 spiro atoms. The first-order valence-corrected chi connectivity index (χ1v) is 15.2. The molecule has 1 aliphatic carbocycles. The summed E-state index contributed by atoms with van der Waals surface area (Å²) in [5.41, 5.74) is 8.09. The smallest absolute Gasteiger partial charge is 0.328 e. The molecule has 5 nitrogen and oxygen atoms in total. The van der Waals surface area contributed by atoms with Crippen LogP contribution >= 0.6 is 0 Å². The van der Waals surface area contributed by atoms with Crippen molar-refractivity contribution in [3.63, 3.8) is 0 Å². The molecule has 0 saturated heterocycles. The third-order valence-corrected chi connectivity index (χ3v) is 9.04. The van der Waals surface area contributed by atoms with E-state index < -0.39 is 23.5 Å². The van der Waals surface area contributed by atoms with Gasteiger partial charge >= 0.3 is 11.9 Å². The second-order valence-electron chi connectivity index (χ2n) is 11.4. The average molecular weight is 592 g/mol. The fraction of sp³-hybridized carbons (Fsp3) is 0.150. The molecule has 0 bridgehead atoms. The summed E-state index contributed by atoms with van der Waals surface area (Å²) in [6, 6.07) is 46.0. The van der Waals surface area contributed by atoms with Crippen LogP contribution in [0.25, 0.3) is 16.7 Å². The van der Waals surface area contributed by atoms with E-state index in [1.54, 1.807) is 0 Å². The number of carbonyl (C=O) groups is 2. The molecule has 5 aromatic rings. The maximum absolute atomic E-state index is 14.6. The topological polar surface area (TPSA) is 55.8 Å². The first-order chi connectivity index (χ1) is 22.1. The average Bonchev–Trinajstić information content (AvgIpc) is 3.62. The molecule has 5 heteroatoms. The summed E-state index contributed by atoms with van der Waals surface area (Å²) in [5, 5.41) is 0. The Morgan fingerprint density at radius 1 is 0.711 bits per heavy atom. The number of hydrogen-bond acceptors (Lipinski definition) is 5. The van der Waals surface area contributed by atoms with Gasteiger partial charge < -0.3 is 9.47 Å². The summed E-state index contributed by atoms with van der Waals surface area (Å²) in [6.07, 6.45) is -0.0313. The van der Waals surface area contributed by atoms with Gasteiger partial charge in [0.05, 0.1) is 19.1 Å². The zero-order chi connectivity index (χ0) is 30.8. The molecule has 0 fully saturated rings. The highest BCUT2D eigenvalue weighted by molar-refractivity contribution is 5.93. The van der Waals surface area contributed by atoms with Crippen molar-refractivity contribution in [3.05, 3.63) is 173 Å². The van der Waals surface area contributed by atoms with Gasteiger partial charge in [-0.3, -0.25) is 9.69 Å². The molecule has 0 aromatic heterocycles. The number of fused-ring (bicyclic) bond motifs is 3. The predicted octanol–water partition coefficient (Wildman–Crippen LogP) is 7.40. The minimum absolute atomic E-state index is 0.0313. The van der Waals surface area contributed by atoms with E-state index in [0.717, 1.165) is 44.5 Å². The molecule has 0 N–H and O–H groups in total. The summed E-state index contributed by atoms with van der Waals surface area (Å²) in [6.45, 7) is 0.542. The Morgan fingerprint density at radius 2 is 1.24 bits per heavy atom. The highest BCUT2D eigenvalue weighted by Crippen LogP contribution is 2.57. The highest BCUT2D eigenvalue weighted by atomic mass is 16.5. The number of methoxy groups -OCH3 is 1. The fourth-order valence-electron chi connectivity index (χ4n) is 7.13. The summed E-state index contributed by atoms with van der Waals surface area (Å²) in [4.78, 5) is 29.9. The van der Waals surface area contributed by atoms with Crippen molar-refractivity contribution in [2.24, 2.45) is 0 Å². The van der Waals surface area contributed by atoms with E-state index in [1.807, 2.05) is 78.9 Å². The minimum Gasteiger partial charge on any atom is -0.469 e. The Labute approximate surface area is 263 Å². The van der Waals surface area contributed by atoms with Gasteiger partial charge in [-0.2, -0.15) is 0 Å². The molecule has 222 valence electrons. The van der Waals surface area contributed by atoms with E-state index in [0.29, 0.717) is 12.1 Å². The molecule has 0 saturated carbocycles. The predicted molar refractivity (Wildman–Crippen MR) is 175 cm³/mol. The number of ether oxygens (including phenoxy) is 2. The zero-order valence-electron chi connectivity index (χ0n) is 25.1. The summed E-state index contributed by atoms with van der Waals surface area (Å²) < 4.78 is 11.3. The van der Waals surface area contributed by atoms with Crippen LogP contribution in [0.4, 0.5) is 0 Å². The van der Waals surface area contributed by atoms with Crippen LogP contribution in [0.3, 0.4) is 0 Å². The maximum atomic E-state index is 14.6. The SMILES string of the molecule is COC(=O)CC1=C(c2ccccc2)CN(C2(c3ccccc3)c3ccccc3-c3ccccc32)[C@@H]1C(=O)OCc1ccccc1. The minimum atomic E-state index is -0.859. The lowest BCUT2D eigenvalue weighted by molar-refractivity contribution is -0.151. The molecule has 0 unspecified atom stereocenters. The Kier molecular flexibility index (Phi) is 7.62. The number of hydrogen-bond donors (Lipinski definition) is 0. The molecule has 1 heterocycles. The van der Waals surface area contributed by atoms with Gasteiger partial charge in [0.15, 0.2) is 0 Å². The van der Waals surface area contributed by atoms with Crippen LogP contribution in [0, 0.1) is 0 Å². The van der Waals surface area contributed by atoms with Gasteiger partial charge in [0, 0.05) is 6.54 Å². The molecule has 0 radical (unpaired) electrons. The lowest BCUT2D eigenvalue weighted by Gasteiger charge is -2.44. The molecule has 5 aromatic carbocycles. The molecule has 1 atom stereocenters. The van der Waals surface area contributed by atoms with E-state index in [9.17, 15) is 9.59 Å². The standard InChI is InChI=1S/C40H33NO4/c1-44-37(42)25-33-34(29-17-7-3-8-18-29)26-41(38(33)39(43)45-27-28-15-5-2-6-16-28)40(30-19-9-4-10-20-30)35-23-13-11-21-31(35)32-22-12-14-24-36(32)40/h2-24,38H,25-27H2,1H3/t38-/m0/s1. The van der Waals surface area contributed by atoms with Crippen LogP contribution < -0.4 is 0 Å². The Bertz CT molecular complexity index is 1840. The van der Waals surface area contributed by atoms with Gasteiger partial charge in [-0.05, 0) is 50.1 Å². The molecular formula is C40H33NO4. The molecule has 1 aliphatic heterocycles. The van der Waals surface area contributed by atoms with Gasteiger partial charge in [0.2, 0.25) is 0 Å². The van der Waals surface area contributed by atoms with Crippen LogP contribution in [0.2, 0.25) is 0 Å². The van der Waals surface area contributed by atoms with Gasteiger partial charge in [-0.25, -0.2) is 4.79 Å². The molecule has 45 heavy (non-hydrogen) atoms. The number of esters is 2. The maximum Gasteiger partial charge on any atom is 0.328 e. The molecule has 7 rings (SSSR count). The Morgan fingerprint density at radius 3 is 1.84 bits per heavy atom. The molecular weight excluding hydrogens is 558 g/mol. The van der Waals surface area contributed by atoms with Crippen molar-refractivity contribution in [2.45, 2.75) is 24.6 Å². The van der Waals surface area contributed by atoms with Crippen LogP contribution in [-0.2, 0) is 31.2 Å². The van der Waals surface area contributed by atoms with E-state index in [2.05, 4.69) is 65.6 Å². The first-order valence-electron chi connectivity index (χ1n) is 15.2. The van der Waals surface area contributed by atoms with Crippen molar-refractivity contribution in [3.8, 4) is 11.1 Å². The zero-order valence-corrected chi connectivity index (χ0v) is 25.1.